The SMILES string of the molecule is CCCCCCCCCCCCNc1nc(NCCC(C)C)nc(NC(O)CCc2ccccc2)n1. The van der Waals surface area contributed by atoms with Gasteiger partial charge in [0.2, 0.25) is 17.8 Å². The lowest BCUT2D eigenvalue weighted by atomic mass is 10.1. The molecule has 1 aromatic heterocycles. The highest BCUT2D eigenvalue weighted by Crippen LogP contribution is 2.14. The van der Waals surface area contributed by atoms with Crippen LogP contribution in [0.4, 0.5) is 17.8 Å². The summed E-state index contributed by atoms with van der Waals surface area (Å²) in [4.78, 5) is 13.5. The Morgan fingerprint density at radius 3 is 1.86 bits per heavy atom. The molecule has 0 aliphatic heterocycles. The quantitative estimate of drug-likeness (QED) is 0.108. The molecule has 36 heavy (non-hydrogen) atoms. The van der Waals surface area contributed by atoms with Crippen molar-refractivity contribution in [2.24, 2.45) is 5.92 Å². The summed E-state index contributed by atoms with van der Waals surface area (Å²) in [7, 11) is 0. The van der Waals surface area contributed by atoms with Gasteiger partial charge in [0.25, 0.3) is 0 Å². The Kier molecular flexibility index (Phi) is 15.6. The molecule has 1 heterocycles. The van der Waals surface area contributed by atoms with Crippen LogP contribution in [0.1, 0.15) is 103 Å². The number of anilines is 3. The van der Waals surface area contributed by atoms with Gasteiger partial charge < -0.3 is 21.1 Å². The van der Waals surface area contributed by atoms with Crippen molar-refractivity contribution in [1.82, 2.24) is 15.0 Å². The molecule has 1 unspecified atom stereocenters. The number of rotatable bonds is 21. The average Bonchev–Trinajstić information content (AvgIpc) is 2.86. The Hall–Kier alpha value is -2.41. The molecule has 7 nitrogen and oxygen atoms in total. The largest absolute Gasteiger partial charge is 0.374 e. The predicted octanol–water partition coefficient (Wildman–Crippen LogP) is 7.03. The van der Waals surface area contributed by atoms with E-state index >= 15 is 0 Å². The van der Waals surface area contributed by atoms with E-state index in [1.807, 2.05) is 18.2 Å². The van der Waals surface area contributed by atoms with Crippen LogP contribution in [-0.4, -0.2) is 39.4 Å². The van der Waals surface area contributed by atoms with Crippen LogP contribution in [0.15, 0.2) is 30.3 Å². The molecule has 0 aliphatic rings. The van der Waals surface area contributed by atoms with Crippen molar-refractivity contribution in [3.63, 3.8) is 0 Å². The van der Waals surface area contributed by atoms with Gasteiger partial charge in [-0.1, -0.05) is 109 Å². The molecule has 0 fully saturated rings. The molecule has 202 valence electrons. The number of aliphatic hydroxyl groups excluding tert-OH is 1. The molecule has 0 saturated carbocycles. The normalized spacial score (nSPS) is 12.0. The maximum atomic E-state index is 10.5. The summed E-state index contributed by atoms with van der Waals surface area (Å²) >= 11 is 0. The summed E-state index contributed by atoms with van der Waals surface area (Å²) < 4.78 is 0. The monoisotopic (exact) mass is 498 g/mol. The van der Waals surface area contributed by atoms with Crippen LogP contribution in [0.3, 0.4) is 0 Å². The fourth-order valence-electron chi connectivity index (χ4n) is 4.05. The van der Waals surface area contributed by atoms with Gasteiger partial charge in [0.15, 0.2) is 0 Å². The van der Waals surface area contributed by atoms with Crippen molar-refractivity contribution in [3.8, 4) is 0 Å². The lowest BCUT2D eigenvalue weighted by Crippen LogP contribution is -2.22. The first-order chi connectivity index (χ1) is 17.6. The van der Waals surface area contributed by atoms with Gasteiger partial charge in [-0.15, -0.1) is 0 Å². The Morgan fingerprint density at radius 1 is 0.694 bits per heavy atom. The molecule has 0 amide bonds. The highest BCUT2D eigenvalue weighted by molar-refractivity contribution is 5.42. The van der Waals surface area contributed by atoms with Crippen LogP contribution in [-0.2, 0) is 6.42 Å². The summed E-state index contributed by atoms with van der Waals surface area (Å²) in [5.74, 6) is 2.08. The number of nitrogens with zero attached hydrogens (tertiary/aromatic N) is 3. The fraction of sp³-hybridized carbons (Fsp3) is 0.690. The minimum Gasteiger partial charge on any atom is -0.374 e. The molecular weight excluding hydrogens is 448 g/mol. The second kappa shape index (κ2) is 18.8. The first-order valence-corrected chi connectivity index (χ1v) is 14.3. The van der Waals surface area contributed by atoms with Gasteiger partial charge >= 0.3 is 0 Å². The van der Waals surface area contributed by atoms with Gasteiger partial charge in [-0.2, -0.15) is 15.0 Å². The molecule has 0 spiro atoms. The molecule has 2 rings (SSSR count). The second-order valence-electron chi connectivity index (χ2n) is 10.2. The van der Waals surface area contributed by atoms with Crippen molar-refractivity contribution in [2.45, 2.75) is 110 Å². The Balaban J connectivity index is 1.78. The number of unbranched alkanes of at least 4 members (excludes halogenated alkanes) is 9. The van der Waals surface area contributed by atoms with Gasteiger partial charge in [0.05, 0.1) is 0 Å². The standard InChI is InChI=1S/C29H50N6O/c1-4-5-6-7-8-9-10-11-12-16-22-30-27-33-28(31-23-21-24(2)3)35-29(34-27)32-26(36)20-19-25-17-14-13-15-18-25/h13-15,17-18,24,26,36H,4-12,16,19-23H2,1-3H3,(H3,30,31,32,33,34,35). The number of nitrogens with one attached hydrogen (secondary N) is 3. The van der Waals surface area contributed by atoms with E-state index in [0.29, 0.717) is 30.2 Å². The first-order valence-electron chi connectivity index (χ1n) is 14.3. The first kappa shape index (κ1) is 29.8. The number of hydrogen-bond donors (Lipinski definition) is 4. The highest BCUT2D eigenvalue weighted by Gasteiger charge is 2.11. The summed E-state index contributed by atoms with van der Waals surface area (Å²) in [6.07, 6.45) is 14.8. The minimum absolute atomic E-state index is 0.392. The molecule has 0 radical (unpaired) electrons. The maximum Gasteiger partial charge on any atom is 0.231 e. The minimum atomic E-state index is -0.731. The van der Waals surface area contributed by atoms with Gasteiger partial charge in [0, 0.05) is 13.1 Å². The van der Waals surface area contributed by atoms with Crippen molar-refractivity contribution in [1.29, 1.82) is 0 Å². The lowest BCUT2D eigenvalue weighted by molar-refractivity contribution is 0.192. The topological polar surface area (TPSA) is 95.0 Å². The Morgan fingerprint density at radius 2 is 1.25 bits per heavy atom. The smallest absolute Gasteiger partial charge is 0.231 e. The third kappa shape index (κ3) is 14.2. The van der Waals surface area contributed by atoms with E-state index in [0.717, 1.165) is 32.4 Å². The van der Waals surface area contributed by atoms with E-state index < -0.39 is 6.23 Å². The second-order valence-corrected chi connectivity index (χ2v) is 10.2. The van der Waals surface area contributed by atoms with Gasteiger partial charge in [0.1, 0.15) is 6.23 Å². The molecule has 0 bridgehead atoms. The molecule has 1 aromatic carbocycles. The molecule has 7 heteroatoms. The average molecular weight is 499 g/mol. The zero-order chi connectivity index (χ0) is 25.8. The summed E-state index contributed by atoms with van der Waals surface area (Å²) in [6.45, 7) is 8.30. The van der Waals surface area contributed by atoms with E-state index in [4.69, 9.17) is 0 Å². The lowest BCUT2D eigenvalue weighted by Gasteiger charge is -2.15. The van der Waals surface area contributed by atoms with Crippen LogP contribution in [0.2, 0.25) is 0 Å². The number of aliphatic hydroxyl groups is 1. The van der Waals surface area contributed by atoms with Crippen molar-refractivity contribution in [3.05, 3.63) is 35.9 Å². The van der Waals surface area contributed by atoms with Crippen molar-refractivity contribution >= 4 is 17.8 Å². The zero-order valence-corrected chi connectivity index (χ0v) is 22.9. The van der Waals surface area contributed by atoms with Gasteiger partial charge in [-0.3, -0.25) is 0 Å². The van der Waals surface area contributed by atoms with Crippen LogP contribution >= 0.6 is 0 Å². The van der Waals surface area contributed by atoms with Gasteiger partial charge in [-0.25, -0.2) is 0 Å². The predicted molar refractivity (Wildman–Crippen MR) is 152 cm³/mol. The van der Waals surface area contributed by atoms with Gasteiger partial charge in [-0.05, 0) is 37.2 Å². The zero-order valence-electron chi connectivity index (χ0n) is 22.9. The number of aryl methyl sites for hydroxylation is 1. The van der Waals surface area contributed by atoms with Crippen LogP contribution in [0.25, 0.3) is 0 Å². The van der Waals surface area contributed by atoms with Crippen LogP contribution < -0.4 is 16.0 Å². The maximum absolute atomic E-state index is 10.5. The molecule has 2 aromatic rings. The number of hydrogen-bond acceptors (Lipinski definition) is 7. The van der Waals surface area contributed by atoms with E-state index in [-0.39, 0.29) is 0 Å². The summed E-state index contributed by atoms with van der Waals surface area (Å²) in [6, 6.07) is 10.2. The molecule has 0 saturated heterocycles. The van der Waals surface area contributed by atoms with Crippen LogP contribution in [0, 0.1) is 5.92 Å². The summed E-state index contributed by atoms with van der Waals surface area (Å²) in [5, 5.41) is 20.2. The molecular formula is C29H50N6O. The van der Waals surface area contributed by atoms with E-state index in [1.165, 1.54) is 63.4 Å². The Labute approximate surface area is 219 Å². The number of benzene rings is 1. The summed E-state index contributed by atoms with van der Waals surface area (Å²) in [5.41, 5.74) is 1.20. The Bertz CT molecular complexity index is 802. The van der Waals surface area contributed by atoms with E-state index in [1.54, 1.807) is 0 Å². The third-order valence-electron chi connectivity index (χ3n) is 6.30. The van der Waals surface area contributed by atoms with Crippen LogP contribution in [0.5, 0.6) is 0 Å². The molecule has 4 N–H and O–H groups in total. The van der Waals surface area contributed by atoms with Crippen molar-refractivity contribution in [2.75, 3.05) is 29.0 Å². The number of aromatic nitrogens is 3. The molecule has 1 atom stereocenters. The van der Waals surface area contributed by atoms with Crippen molar-refractivity contribution < 1.29 is 5.11 Å². The van der Waals surface area contributed by atoms with E-state index in [9.17, 15) is 5.11 Å². The van der Waals surface area contributed by atoms with E-state index in [2.05, 4.69) is 63.8 Å². The fourth-order valence-corrected chi connectivity index (χ4v) is 4.05. The highest BCUT2D eigenvalue weighted by atomic mass is 16.3. The third-order valence-corrected chi connectivity index (χ3v) is 6.30. The molecule has 0 aliphatic carbocycles.